The molecule has 1 fully saturated rings. The van der Waals surface area contributed by atoms with E-state index in [4.69, 9.17) is 4.74 Å². The molecule has 1 aromatic heterocycles. The minimum atomic E-state index is -0.641. The summed E-state index contributed by atoms with van der Waals surface area (Å²) in [4.78, 5) is 26.3. The normalized spacial score (nSPS) is 18.6. The van der Waals surface area contributed by atoms with Gasteiger partial charge in [0.2, 0.25) is 5.91 Å². The van der Waals surface area contributed by atoms with Gasteiger partial charge in [-0.05, 0) is 42.7 Å². The maximum Gasteiger partial charge on any atom is 0.268 e. The molecule has 1 aliphatic carbocycles. The van der Waals surface area contributed by atoms with Crippen LogP contribution < -0.4 is 15.4 Å². The number of aromatic nitrogens is 1. The third kappa shape index (κ3) is 5.07. The molecule has 4 rings (SSSR count). The molecule has 0 bridgehead atoms. The molecule has 0 spiro atoms. The molecule has 2 aromatic carbocycles. The molecule has 0 aliphatic heterocycles. The van der Waals surface area contributed by atoms with Crippen LogP contribution in [0.3, 0.4) is 0 Å². The van der Waals surface area contributed by atoms with Crippen molar-refractivity contribution in [2.24, 2.45) is 13.0 Å². The van der Waals surface area contributed by atoms with Gasteiger partial charge in [0.15, 0.2) is 0 Å². The lowest BCUT2D eigenvalue weighted by molar-refractivity contribution is -0.127. The van der Waals surface area contributed by atoms with E-state index >= 15 is 0 Å². The van der Waals surface area contributed by atoms with Crippen LogP contribution in [-0.2, 0) is 18.3 Å². The Morgan fingerprint density at radius 3 is 2.59 bits per heavy atom. The lowest BCUT2D eigenvalue weighted by atomic mass is 9.83. The number of rotatable bonds is 7. The van der Waals surface area contributed by atoms with E-state index in [0.29, 0.717) is 18.5 Å². The van der Waals surface area contributed by atoms with Gasteiger partial charge in [0.1, 0.15) is 17.5 Å². The molecule has 0 saturated heterocycles. The van der Waals surface area contributed by atoms with Gasteiger partial charge in [0.05, 0.1) is 19.1 Å². The van der Waals surface area contributed by atoms with Gasteiger partial charge in [-0.1, -0.05) is 43.2 Å². The number of nitrogens with zero attached hydrogens (tertiary/aromatic N) is 2. The molecule has 3 aromatic rings. The lowest BCUT2D eigenvalue weighted by Crippen LogP contribution is -2.50. The maximum absolute atomic E-state index is 13.2. The predicted molar refractivity (Wildman–Crippen MR) is 130 cm³/mol. The van der Waals surface area contributed by atoms with Crippen molar-refractivity contribution in [1.29, 1.82) is 5.26 Å². The largest absolute Gasteiger partial charge is 0.497 e. The molecule has 1 saturated carbocycles. The molecule has 1 heterocycles. The van der Waals surface area contributed by atoms with Crippen LogP contribution in [0.5, 0.6) is 5.75 Å². The number of hydrogen-bond donors (Lipinski definition) is 2. The summed E-state index contributed by atoms with van der Waals surface area (Å²) >= 11 is 0. The van der Waals surface area contributed by atoms with Gasteiger partial charge in [0.25, 0.3) is 5.91 Å². The van der Waals surface area contributed by atoms with Crippen LogP contribution >= 0.6 is 0 Å². The smallest absolute Gasteiger partial charge is 0.268 e. The molecule has 3 atom stereocenters. The SMILES string of the molecule is COc1ccc(C[C@H](C#N)NC(=O)[C@@H]2CCCC[C@@H]2NC(=O)c2cc3ccccc3n2C)cc1. The minimum Gasteiger partial charge on any atom is -0.497 e. The number of benzene rings is 2. The van der Waals surface area contributed by atoms with E-state index < -0.39 is 6.04 Å². The number of amides is 2. The zero-order valence-corrected chi connectivity index (χ0v) is 19.6. The summed E-state index contributed by atoms with van der Waals surface area (Å²) in [7, 11) is 3.48. The van der Waals surface area contributed by atoms with Gasteiger partial charge in [-0.25, -0.2) is 0 Å². The van der Waals surface area contributed by atoms with E-state index in [1.54, 1.807) is 7.11 Å². The van der Waals surface area contributed by atoms with Gasteiger partial charge in [0, 0.05) is 30.4 Å². The van der Waals surface area contributed by atoms with Crippen molar-refractivity contribution < 1.29 is 14.3 Å². The fraction of sp³-hybridized carbons (Fsp3) is 0.370. The van der Waals surface area contributed by atoms with Crippen LogP contribution in [0.2, 0.25) is 0 Å². The summed E-state index contributed by atoms with van der Waals surface area (Å²) in [5.74, 6) is 0.0212. The van der Waals surface area contributed by atoms with Crippen molar-refractivity contribution in [3.63, 3.8) is 0 Å². The number of methoxy groups -OCH3 is 1. The molecule has 7 heteroatoms. The standard InChI is InChI=1S/C27H30N4O3/c1-31-24-10-6-3-7-19(24)16-25(31)27(33)30-23-9-5-4-8-22(23)26(32)29-20(17-28)15-18-11-13-21(34-2)14-12-18/h3,6-7,10-14,16,20,22-23H,4-5,8-9,15H2,1-2H3,(H,29,32)(H,30,33)/t20-,22-,23+/m1/s1. The Morgan fingerprint density at radius 2 is 1.88 bits per heavy atom. The fourth-order valence-corrected chi connectivity index (χ4v) is 4.77. The van der Waals surface area contributed by atoms with E-state index in [0.717, 1.165) is 41.5 Å². The highest BCUT2D eigenvalue weighted by Gasteiger charge is 2.33. The Bertz CT molecular complexity index is 1210. The van der Waals surface area contributed by atoms with Crippen LogP contribution in [-0.4, -0.2) is 35.6 Å². The number of aryl methyl sites for hydroxylation is 1. The van der Waals surface area contributed by atoms with Gasteiger partial charge in [-0.2, -0.15) is 5.26 Å². The summed E-state index contributed by atoms with van der Waals surface area (Å²) in [6.45, 7) is 0. The highest BCUT2D eigenvalue weighted by molar-refractivity contribution is 5.99. The maximum atomic E-state index is 13.2. The van der Waals surface area contributed by atoms with Gasteiger partial charge in [-0.3, -0.25) is 9.59 Å². The summed E-state index contributed by atoms with van der Waals surface area (Å²) in [6.07, 6.45) is 3.72. The number of carbonyl (C=O) groups is 2. The molecule has 176 valence electrons. The lowest BCUT2D eigenvalue weighted by Gasteiger charge is -2.31. The van der Waals surface area contributed by atoms with E-state index in [2.05, 4.69) is 16.7 Å². The fourth-order valence-electron chi connectivity index (χ4n) is 4.77. The van der Waals surface area contributed by atoms with E-state index in [9.17, 15) is 14.9 Å². The predicted octanol–water partition coefficient (Wildman–Crippen LogP) is 3.73. The van der Waals surface area contributed by atoms with Crippen molar-refractivity contribution in [1.82, 2.24) is 15.2 Å². The number of nitriles is 1. The highest BCUT2D eigenvalue weighted by Crippen LogP contribution is 2.26. The van der Waals surface area contributed by atoms with Gasteiger partial charge >= 0.3 is 0 Å². The van der Waals surface area contributed by atoms with Crippen LogP contribution in [0.25, 0.3) is 10.9 Å². The second kappa shape index (κ2) is 10.4. The number of para-hydroxylation sites is 1. The Kier molecular flexibility index (Phi) is 7.17. The molecule has 0 unspecified atom stereocenters. The topological polar surface area (TPSA) is 96.2 Å². The summed E-state index contributed by atoms with van der Waals surface area (Å²) in [5.41, 5.74) is 2.50. The van der Waals surface area contributed by atoms with E-state index in [-0.39, 0.29) is 23.8 Å². The first-order chi connectivity index (χ1) is 16.5. The van der Waals surface area contributed by atoms with Gasteiger partial charge < -0.3 is 19.9 Å². The number of fused-ring (bicyclic) bond motifs is 1. The number of hydrogen-bond acceptors (Lipinski definition) is 4. The quantitative estimate of drug-likeness (QED) is 0.564. The Balaban J connectivity index is 1.43. The monoisotopic (exact) mass is 458 g/mol. The summed E-state index contributed by atoms with van der Waals surface area (Å²) in [5, 5.41) is 16.6. The first kappa shape index (κ1) is 23.4. The molecule has 2 N–H and O–H groups in total. The molecule has 1 aliphatic rings. The van der Waals surface area contributed by atoms with Crippen molar-refractivity contribution in [3.8, 4) is 11.8 Å². The molecular formula is C27H30N4O3. The first-order valence-electron chi connectivity index (χ1n) is 11.7. The second-order valence-electron chi connectivity index (χ2n) is 8.86. The minimum absolute atomic E-state index is 0.179. The van der Waals surface area contributed by atoms with Crippen LogP contribution in [0.15, 0.2) is 54.6 Å². The second-order valence-corrected chi connectivity index (χ2v) is 8.86. The number of ether oxygens (including phenoxy) is 1. The first-order valence-corrected chi connectivity index (χ1v) is 11.7. The number of carbonyl (C=O) groups excluding carboxylic acids is 2. The van der Waals surface area contributed by atoms with Crippen LogP contribution in [0.4, 0.5) is 0 Å². The molecule has 0 radical (unpaired) electrons. The average Bonchev–Trinajstić information content (AvgIpc) is 3.21. The van der Waals surface area contributed by atoms with Crippen LogP contribution in [0.1, 0.15) is 41.7 Å². The van der Waals surface area contributed by atoms with E-state index in [1.165, 1.54) is 0 Å². The summed E-state index contributed by atoms with van der Waals surface area (Å²) in [6, 6.07) is 18.5. The highest BCUT2D eigenvalue weighted by atomic mass is 16.5. The van der Waals surface area contributed by atoms with E-state index in [1.807, 2.05) is 66.2 Å². The Hall–Kier alpha value is -3.79. The van der Waals surface area contributed by atoms with Crippen LogP contribution in [0, 0.1) is 17.2 Å². The van der Waals surface area contributed by atoms with Gasteiger partial charge in [-0.15, -0.1) is 0 Å². The third-order valence-electron chi connectivity index (χ3n) is 6.67. The zero-order valence-electron chi connectivity index (χ0n) is 19.6. The zero-order chi connectivity index (χ0) is 24.1. The van der Waals surface area contributed by atoms with Crippen molar-refractivity contribution >= 4 is 22.7 Å². The van der Waals surface area contributed by atoms with Crippen molar-refractivity contribution in [3.05, 3.63) is 65.9 Å². The summed E-state index contributed by atoms with van der Waals surface area (Å²) < 4.78 is 7.05. The Labute approximate surface area is 199 Å². The molecule has 2 amide bonds. The molecule has 34 heavy (non-hydrogen) atoms. The van der Waals surface area contributed by atoms with Crippen molar-refractivity contribution in [2.75, 3.05) is 7.11 Å². The Morgan fingerprint density at radius 1 is 1.15 bits per heavy atom. The third-order valence-corrected chi connectivity index (χ3v) is 6.67. The number of nitrogens with one attached hydrogen (secondary N) is 2. The average molecular weight is 459 g/mol. The van der Waals surface area contributed by atoms with Crippen molar-refractivity contribution in [2.45, 2.75) is 44.2 Å². The molecular weight excluding hydrogens is 428 g/mol. The molecule has 7 nitrogen and oxygen atoms in total.